The fourth-order valence-electron chi connectivity index (χ4n) is 2.08. The first-order valence-electron chi connectivity index (χ1n) is 7.04. The molecule has 2 aromatic rings. The van der Waals surface area contributed by atoms with Gasteiger partial charge >= 0.3 is 0 Å². The van der Waals surface area contributed by atoms with Crippen LogP contribution in [0.3, 0.4) is 0 Å². The fourth-order valence-corrected chi connectivity index (χ4v) is 2.08. The average Bonchev–Trinajstić information content (AvgIpc) is 2.90. The second-order valence-electron chi connectivity index (χ2n) is 5.39. The van der Waals surface area contributed by atoms with E-state index in [0.29, 0.717) is 0 Å². The van der Waals surface area contributed by atoms with Crippen molar-refractivity contribution in [3.05, 3.63) is 41.5 Å². The van der Waals surface area contributed by atoms with Gasteiger partial charge in [0.1, 0.15) is 11.5 Å². The maximum Gasteiger partial charge on any atom is 0.278 e. The molecule has 1 atom stereocenters. The molecule has 0 saturated heterocycles. The van der Waals surface area contributed by atoms with Gasteiger partial charge in [-0.2, -0.15) is 10.4 Å². The summed E-state index contributed by atoms with van der Waals surface area (Å²) in [6.45, 7) is 3.52. The molecule has 0 radical (unpaired) electrons. The van der Waals surface area contributed by atoms with E-state index in [1.807, 2.05) is 6.07 Å². The first-order valence-corrected chi connectivity index (χ1v) is 7.04. The zero-order valence-electron chi connectivity index (χ0n) is 13.1. The Hall–Kier alpha value is -2.88. The van der Waals surface area contributed by atoms with Crippen LogP contribution in [0.2, 0.25) is 0 Å². The molecule has 23 heavy (non-hydrogen) atoms. The SMILES string of the molecule is Cc1ccc(F)c(-n2cc(O)c(C(=O)N(C)C(C)CC#N)n2)c1. The van der Waals surface area contributed by atoms with Crippen LogP contribution in [0.25, 0.3) is 5.69 Å². The van der Waals surface area contributed by atoms with E-state index in [1.165, 1.54) is 24.2 Å². The molecule has 0 spiro atoms. The molecule has 0 aliphatic carbocycles. The van der Waals surface area contributed by atoms with Crippen LogP contribution in [0.5, 0.6) is 5.75 Å². The number of benzene rings is 1. The molecule has 1 amide bonds. The molecule has 120 valence electrons. The lowest BCUT2D eigenvalue weighted by molar-refractivity contribution is 0.0737. The second kappa shape index (κ2) is 6.48. The van der Waals surface area contributed by atoms with Crippen LogP contribution in [0.15, 0.2) is 24.4 Å². The lowest BCUT2D eigenvalue weighted by atomic mass is 10.2. The third kappa shape index (κ3) is 3.31. The number of hydrogen-bond donors (Lipinski definition) is 1. The zero-order chi connectivity index (χ0) is 17.1. The first kappa shape index (κ1) is 16.5. The van der Waals surface area contributed by atoms with Gasteiger partial charge in [0.2, 0.25) is 0 Å². The van der Waals surface area contributed by atoms with Gasteiger partial charge in [0.25, 0.3) is 5.91 Å². The van der Waals surface area contributed by atoms with Crippen molar-refractivity contribution in [1.29, 1.82) is 5.26 Å². The Morgan fingerprint density at radius 1 is 1.57 bits per heavy atom. The van der Waals surface area contributed by atoms with Crippen molar-refractivity contribution in [2.45, 2.75) is 26.3 Å². The highest BCUT2D eigenvalue weighted by molar-refractivity contribution is 5.94. The average molecular weight is 316 g/mol. The molecular weight excluding hydrogens is 299 g/mol. The largest absolute Gasteiger partial charge is 0.504 e. The Morgan fingerprint density at radius 3 is 2.91 bits per heavy atom. The Labute approximate surface area is 133 Å². The molecular formula is C16H17FN4O2. The molecule has 1 unspecified atom stereocenters. The topological polar surface area (TPSA) is 82.2 Å². The van der Waals surface area contributed by atoms with Crippen molar-refractivity contribution in [1.82, 2.24) is 14.7 Å². The monoisotopic (exact) mass is 316 g/mol. The molecule has 1 N–H and O–H groups in total. The number of carbonyl (C=O) groups excluding carboxylic acids is 1. The Balaban J connectivity index is 2.37. The van der Waals surface area contributed by atoms with E-state index >= 15 is 0 Å². The molecule has 0 bridgehead atoms. The predicted octanol–water partition coefficient (Wildman–Crippen LogP) is 2.40. The van der Waals surface area contributed by atoms with Gasteiger partial charge in [0.05, 0.1) is 18.7 Å². The smallest absolute Gasteiger partial charge is 0.278 e. The molecule has 1 heterocycles. The van der Waals surface area contributed by atoms with Crippen molar-refractivity contribution in [2.24, 2.45) is 0 Å². The van der Waals surface area contributed by atoms with Gasteiger partial charge in [-0.15, -0.1) is 0 Å². The second-order valence-corrected chi connectivity index (χ2v) is 5.39. The summed E-state index contributed by atoms with van der Waals surface area (Å²) in [5.74, 6) is -1.38. The van der Waals surface area contributed by atoms with Gasteiger partial charge in [-0.3, -0.25) is 4.79 Å². The summed E-state index contributed by atoms with van der Waals surface area (Å²) in [7, 11) is 1.52. The van der Waals surface area contributed by atoms with Crippen molar-refractivity contribution in [2.75, 3.05) is 7.05 Å². The summed E-state index contributed by atoms with van der Waals surface area (Å²) >= 11 is 0. The third-order valence-corrected chi connectivity index (χ3v) is 3.61. The molecule has 0 fully saturated rings. The van der Waals surface area contributed by atoms with Crippen LogP contribution in [-0.4, -0.2) is 38.8 Å². The van der Waals surface area contributed by atoms with Crippen LogP contribution in [0.4, 0.5) is 4.39 Å². The summed E-state index contributed by atoms with van der Waals surface area (Å²) in [4.78, 5) is 13.7. The minimum atomic E-state index is -0.530. The minimum absolute atomic E-state index is 0.145. The fraction of sp³-hybridized carbons (Fsp3) is 0.312. The van der Waals surface area contributed by atoms with Crippen molar-refractivity contribution >= 4 is 5.91 Å². The number of hydrogen-bond acceptors (Lipinski definition) is 4. The van der Waals surface area contributed by atoms with Crippen molar-refractivity contribution < 1.29 is 14.3 Å². The lowest BCUT2D eigenvalue weighted by Gasteiger charge is -2.21. The number of nitriles is 1. The van der Waals surface area contributed by atoms with Gasteiger partial charge < -0.3 is 10.0 Å². The summed E-state index contributed by atoms with van der Waals surface area (Å²) in [6.07, 6.45) is 1.35. The van der Waals surface area contributed by atoms with Crippen LogP contribution in [0.1, 0.15) is 29.4 Å². The number of aryl methyl sites for hydroxylation is 1. The van der Waals surface area contributed by atoms with Crippen molar-refractivity contribution in [3.63, 3.8) is 0 Å². The van der Waals surface area contributed by atoms with E-state index in [1.54, 1.807) is 26.0 Å². The van der Waals surface area contributed by atoms with Gasteiger partial charge in [0, 0.05) is 13.1 Å². The minimum Gasteiger partial charge on any atom is -0.504 e. The number of amides is 1. The van der Waals surface area contributed by atoms with Gasteiger partial charge in [0.15, 0.2) is 11.4 Å². The van der Waals surface area contributed by atoms with Crippen LogP contribution < -0.4 is 0 Å². The normalized spacial score (nSPS) is 11.8. The lowest BCUT2D eigenvalue weighted by Crippen LogP contribution is -2.35. The molecule has 1 aromatic carbocycles. The number of aromatic nitrogens is 2. The summed E-state index contributed by atoms with van der Waals surface area (Å²) in [5, 5.41) is 22.7. The summed E-state index contributed by atoms with van der Waals surface area (Å²) in [5.41, 5.74) is 0.786. The van der Waals surface area contributed by atoms with Crippen LogP contribution >= 0.6 is 0 Å². The van der Waals surface area contributed by atoms with E-state index in [0.717, 1.165) is 10.2 Å². The Kier molecular flexibility index (Phi) is 4.65. The highest BCUT2D eigenvalue weighted by Gasteiger charge is 2.24. The number of nitrogens with zero attached hydrogens (tertiary/aromatic N) is 4. The van der Waals surface area contributed by atoms with E-state index in [-0.39, 0.29) is 29.6 Å². The van der Waals surface area contributed by atoms with E-state index < -0.39 is 11.7 Å². The molecule has 6 nitrogen and oxygen atoms in total. The van der Waals surface area contributed by atoms with E-state index in [2.05, 4.69) is 5.10 Å². The maximum absolute atomic E-state index is 13.9. The molecule has 0 aliphatic rings. The van der Waals surface area contributed by atoms with Gasteiger partial charge in [-0.05, 0) is 31.5 Å². The number of aromatic hydroxyl groups is 1. The quantitative estimate of drug-likeness (QED) is 0.939. The third-order valence-electron chi connectivity index (χ3n) is 3.61. The summed E-state index contributed by atoms with van der Waals surface area (Å²) < 4.78 is 15.0. The molecule has 1 aromatic heterocycles. The van der Waals surface area contributed by atoms with Gasteiger partial charge in [-0.25, -0.2) is 9.07 Å². The zero-order valence-corrected chi connectivity index (χ0v) is 13.1. The Bertz CT molecular complexity index is 779. The highest BCUT2D eigenvalue weighted by Crippen LogP contribution is 2.22. The first-order chi connectivity index (χ1) is 10.8. The predicted molar refractivity (Wildman–Crippen MR) is 81.7 cm³/mol. The number of carbonyl (C=O) groups is 1. The number of halogens is 1. The Morgan fingerprint density at radius 2 is 2.26 bits per heavy atom. The summed E-state index contributed by atoms with van der Waals surface area (Å²) in [6, 6.07) is 6.14. The molecule has 7 heteroatoms. The molecule has 0 saturated carbocycles. The van der Waals surface area contributed by atoms with E-state index in [9.17, 15) is 14.3 Å². The van der Waals surface area contributed by atoms with E-state index in [4.69, 9.17) is 5.26 Å². The van der Waals surface area contributed by atoms with Gasteiger partial charge in [-0.1, -0.05) is 6.07 Å². The maximum atomic E-state index is 13.9. The van der Waals surface area contributed by atoms with Crippen molar-refractivity contribution in [3.8, 4) is 17.5 Å². The number of rotatable bonds is 4. The molecule has 2 rings (SSSR count). The molecule has 0 aliphatic heterocycles. The standard InChI is InChI=1S/C16H17FN4O2/c1-10-4-5-12(17)13(8-10)21-9-14(22)15(19-21)16(23)20(3)11(2)6-7-18/h4-5,8-9,11,22H,6H2,1-3H3. The highest BCUT2D eigenvalue weighted by atomic mass is 19.1. The van der Waals surface area contributed by atoms with Crippen LogP contribution in [-0.2, 0) is 0 Å². The van der Waals surface area contributed by atoms with Crippen LogP contribution in [0, 0.1) is 24.1 Å².